The van der Waals surface area contributed by atoms with Crippen molar-refractivity contribution in [2.75, 3.05) is 53.4 Å². The summed E-state index contributed by atoms with van der Waals surface area (Å²) in [5, 5.41) is 9.98. The van der Waals surface area contributed by atoms with Crippen LogP contribution in [-0.2, 0) is 13.0 Å². The molecule has 3 N–H and O–H groups in total. The molecule has 0 heterocycles. The van der Waals surface area contributed by atoms with Crippen molar-refractivity contribution in [2.24, 2.45) is 0 Å². The zero-order chi connectivity index (χ0) is 18.8. The van der Waals surface area contributed by atoms with Crippen molar-refractivity contribution < 1.29 is 0 Å². The second-order valence-electron chi connectivity index (χ2n) is 6.11. The molecule has 1 aromatic rings. The topological polar surface area (TPSA) is 39.3 Å². The van der Waals surface area contributed by atoms with Crippen molar-refractivity contribution in [3.05, 3.63) is 35.4 Å². The van der Waals surface area contributed by atoms with E-state index in [0.717, 1.165) is 52.2 Å². The maximum absolute atomic E-state index is 3.55. The molecule has 0 saturated carbocycles. The molecule has 0 spiro atoms. The first-order chi connectivity index (χ1) is 12.3. The molecule has 4 nitrogen and oxygen atoms in total. The quantitative estimate of drug-likeness (QED) is 0.451. The SMILES string of the molecule is CC.CCc1ccc(CN(CCCNC)CCNCCCNC)cc1. The molecule has 0 aliphatic carbocycles. The summed E-state index contributed by atoms with van der Waals surface area (Å²) in [6.45, 7) is 13.8. The molecule has 0 amide bonds. The van der Waals surface area contributed by atoms with Gasteiger partial charge < -0.3 is 16.0 Å². The van der Waals surface area contributed by atoms with Gasteiger partial charge in [-0.2, -0.15) is 0 Å². The van der Waals surface area contributed by atoms with Gasteiger partial charge in [-0.05, 0) is 70.7 Å². The van der Waals surface area contributed by atoms with Gasteiger partial charge in [-0.15, -0.1) is 0 Å². The van der Waals surface area contributed by atoms with Gasteiger partial charge in [0, 0.05) is 19.6 Å². The third-order valence-corrected chi connectivity index (χ3v) is 4.12. The number of hydrogen-bond donors (Lipinski definition) is 3. The number of aryl methyl sites for hydroxylation is 1. The Morgan fingerprint density at radius 1 is 0.760 bits per heavy atom. The van der Waals surface area contributed by atoms with Gasteiger partial charge in [0.15, 0.2) is 0 Å². The minimum absolute atomic E-state index is 1.05. The number of rotatable bonds is 14. The van der Waals surface area contributed by atoms with Crippen LogP contribution in [0.2, 0.25) is 0 Å². The first kappa shape index (κ1) is 24.1. The number of nitrogens with zero attached hydrogens (tertiary/aromatic N) is 1. The normalized spacial score (nSPS) is 10.6. The summed E-state index contributed by atoms with van der Waals surface area (Å²) in [4.78, 5) is 2.56. The van der Waals surface area contributed by atoms with Crippen LogP contribution in [0.25, 0.3) is 0 Å². The fraction of sp³-hybridized carbons (Fsp3) is 0.714. The summed E-state index contributed by atoms with van der Waals surface area (Å²) in [6.07, 6.45) is 3.50. The molecule has 0 aliphatic heterocycles. The van der Waals surface area contributed by atoms with Gasteiger partial charge in [-0.1, -0.05) is 45.0 Å². The third kappa shape index (κ3) is 13.0. The average Bonchev–Trinajstić information content (AvgIpc) is 2.66. The molecule has 1 aromatic carbocycles. The number of hydrogen-bond acceptors (Lipinski definition) is 4. The largest absolute Gasteiger partial charge is 0.320 e. The molecular formula is C21H42N4. The third-order valence-electron chi connectivity index (χ3n) is 4.12. The molecule has 1 rings (SSSR count). The zero-order valence-corrected chi connectivity index (χ0v) is 17.3. The van der Waals surface area contributed by atoms with Gasteiger partial charge >= 0.3 is 0 Å². The highest BCUT2D eigenvalue weighted by Gasteiger charge is 2.06. The van der Waals surface area contributed by atoms with Gasteiger partial charge in [0.25, 0.3) is 0 Å². The van der Waals surface area contributed by atoms with E-state index < -0.39 is 0 Å². The molecule has 4 heteroatoms. The Morgan fingerprint density at radius 2 is 1.36 bits per heavy atom. The highest BCUT2D eigenvalue weighted by atomic mass is 15.1. The van der Waals surface area contributed by atoms with Gasteiger partial charge in [0.1, 0.15) is 0 Å². The van der Waals surface area contributed by atoms with Crippen LogP contribution in [0.5, 0.6) is 0 Å². The maximum atomic E-state index is 3.55. The van der Waals surface area contributed by atoms with E-state index in [4.69, 9.17) is 0 Å². The molecule has 0 saturated heterocycles. The monoisotopic (exact) mass is 350 g/mol. The van der Waals surface area contributed by atoms with Gasteiger partial charge in [-0.3, -0.25) is 4.90 Å². The number of nitrogens with one attached hydrogen (secondary N) is 3. The lowest BCUT2D eigenvalue weighted by molar-refractivity contribution is 0.261. The Labute approximate surface area is 156 Å². The molecule has 25 heavy (non-hydrogen) atoms. The predicted molar refractivity (Wildman–Crippen MR) is 112 cm³/mol. The van der Waals surface area contributed by atoms with Crippen LogP contribution in [0, 0.1) is 0 Å². The summed E-state index contributed by atoms with van der Waals surface area (Å²) in [5.41, 5.74) is 2.84. The standard InChI is InChI=1S/C19H36N4.C2H6/c1-4-18-7-9-19(10-8-18)17-23(15-6-12-21-3)16-14-22-13-5-11-20-2;1-2/h7-10,20-22H,4-6,11-17H2,1-3H3;1-2H3. The van der Waals surface area contributed by atoms with Gasteiger partial charge in [0.2, 0.25) is 0 Å². The first-order valence-electron chi connectivity index (χ1n) is 10.1. The molecule has 0 aromatic heterocycles. The Hall–Kier alpha value is -0.940. The maximum Gasteiger partial charge on any atom is 0.0234 e. The highest BCUT2D eigenvalue weighted by Crippen LogP contribution is 2.08. The van der Waals surface area contributed by atoms with Crippen LogP contribution < -0.4 is 16.0 Å². The minimum atomic E-state index is 1.05. The lowest BCUT2D eigenvalue weighted by Crippen LogP contribution is -2.34. The van der Waals surface area contributed by atoms with Gasteiger partial charge in [-0.25, -0.2) is 0 Å². The van der Waals surface area contributed by atoms with Crippen LogP contribution in [-0.4, -0.2) is 58.3 Å². The summed E-state index contributed by atoms with van der Waals surface area (Å²) in [7, 11) is 4.03. The second-order valence-corrected chi connectivity index (χ2v) is 6.11. The van der Waals surface area contributed by atoms with Crippen LogP contribution >= 0.6 is 0 Å². The van der Waals surface area contributed by atoms with Crippen LogP contribution in [0.4, 0.5) is 0 Å². The molecule has 0 aliphatic rings. The molecule has 146 valence electrons. The second kappa shape index (κ2) is 17.9. The smallest absolute Gasteiger partial charge is 0.0234 e. The summed E-state index contributed by atoms with van der Waals surface area (Å²) in [5.74, 6) is 0. The minimum Gasteiger partial charge on any atom is -0.320 e. The van der Waals surface area contributed by atoms with Crippen LogP contribution in [0.3, 0.4) is 0 Å². The van der Waals surface area contributed by atoms with Crippen molar-refractivity contribution in [3.63, 3.8) is 0 Å². The first-order valence-corrected chi connectivity index (χ1v) is 10.1. The van der Waals surface area contributed by atoms with E-state index in [1.54, 1.807) is 0 Å². The number of benzene rings is 1. The Balaban J connectivity index is 0.00000277. The van der Waals surface area contributed by atoms with Crippen molar-refractivity contribution in [2.45, 2.75) is 46.6 Å². The Morgan fingerprint density at radius 3 is 1.96 bits per heavy atom. The molecule has 0 atom stereocenters. The van der Waals surface area contributed by atoms with Crippen molar-refractivity contribution in [1.29, 1.82) is 0 Å². The van der Waals surface area contributed by atoms with E-state index in [0.29, 0.717) is 0 Å². The summed E-state index contributed by atoms with van der Waals surface area (Å²) >= 11 is 0. The lowest BCUT2D eigenvalue weighted by atomic mass is 10.1. The van der Waals surface area contributed by atoms with Crippen molar-refractivity contribution in [1.82, 2.24) is 20.9 Å². The molecule has 0 fully saturated rings. The highest BCUT2D eigenvalue weighted by molar-refractivity contribution is 5.22. The molecule has 0 radical (unpaired) electrons. The van der Waals surface area contributed by atoms with Crippen LogP contribution in [0.1, 0.15) is 44.7 Å². The zero-order valence-electron chi connectivity index (χ0n) is 17.3. The molecule has 0 unspecified atom stereocenters. The lowest BCUT2D eigenvalue weighted by Gasteiger charge is -2.23. The Bertz CT molecular complexity index is 378. The summed E-state index contributed by atoms with van der Waals surface area (Å²) < 4.78 is 0. The van der Waals surface area contributed by atoms with E-state index in [1.165, 1.54) is 24.0 Å². The van der Waals surface area contributed by atoms with Crippen molar-refractivity contribution >= 4 is 0 Å². The van der Waals surface area contributed by atoms with E-state index in [9.17, 15) is 0 Å². The van der Waals surface area contributed by atoms with E-state index >= 15 is 0 Å². The van der Waals surface area contributed by atoms with E-state index in [1.807, 2.05) is 27.9 Å². The predicted octanol–water partition coefficient (Wildman–Crippen LogP) is 2.89. The average molecular weight is 351 g/mol. The van der Waals surface area contributed by atoms with Crippen molar-refractivity contribution in [3.8, 4) is 0 Å². The summed E-state index contributed by atoms with van der Waals surface area (Å²) in [6, 6.07) is 9.09. The van der Waals surface area contributed by atoms with E-state index in [2.05, 4.69) is 52.0 Å². The fourth-order valence-electron chi connectivity index (χ4n) is 2.64. The molecular weight excluding hydrogens is 308 g/mol. The Kier molecular flexibility index (Phi) is 17.2. The van der Waals surface area contributed by atoms with Gasteiger partial charge in [0.05, 0.1) is 0 Å². The fourth-order valence-corrected chi connectivity index (χ4v) is 2.64. The van der Waals surface area contributed by atoms with Crippen LogP contribution in [0.15, 0.2) is 24.3 Å². The van der Waals surface area contributed by atoms with E-state index in [-0.39, 0.29) is 0 Å². The molecule has 0 bridgehead atoms.